The molecule has 0 saturated carbocycles. The lowest BCUT2D eigenvalue weighted by atomic mass is 10.3. The molecule has 1 fully saturated rings. The normalized spacial score (nSPS) is 22.8. The van der Waals surface area contributed by atoms with Crippen LogP contribution in [0.25, 0.3) is 0 Å². The minimum Gasteiger partial charge on any atom is -0.480 e. The van der Waals surface area contributed by atoms with Crippen LogP contribution in [0.3, 0.4) is 0 Å². The Balaban J connectivity index is 2.10. The van der Waals surface area contributed by atoms with Crippen molar-refractivity contribution >= 4 is 23.8 Å². The molecule has 18 heavy (non-hydrogen) atoms. The predicted molar refractivity (Wildman–Crippen MR) is 67.6 cm³/mol. The van der Waals surface area contributed by atoms with E-state index in [9.17, 15) is 9.59 Å². The molecule has 1 aromatic rings. The van der Waals surface area contributed by atoms with Crippen LogP contribution in [0.1, 0.15) is 6.92 Å². The first-order valence-corrected chi connectivity index (χ1v) is 6.54. The molecule has 1 heterocycles. The number of carboxylic acid groups (broad SMARTS) is 1. The highest BCUT2D eigenvalue weighted by Gasteiger charge is 2.40. The first-order valence-electron chi connectivity index (χ1n) is 5.49. The summed E-state index contributed by atoms with van der Waals surface area (Å²) < 4.78 is 5.16. The van der Waals surface area contributed by atoms with Crippen LogP contribution in [-0.4, -0.2) is 39.2 Å². The first kappa shape index (κ1) is 12.8. The number of rotatable bonds is 2. The summed E-state index contributed by atoms with van der Waals surface area (Å²) in [5.41, 5.74) is 0. The van der Waals surface area contributed by atoms with Gasteiger partial charge in [0.05, 0.1) is 5.37 Å². The van der Waals surface area contributed by atoms with Gasteiger partial charge in [-0.05, 0) is 19.1 Å². The van der Waals surface area contributed by atoms with E-state index >= 15 is 0 Å². The molecule has 0 bridgehead atoms. The summed E-state index contributed by atoms with van der Waals surface area (Å²) >= 11 is 1.42. The molecule has 1 amide bonds. The fourth-order valence-electron chi connectivity index (χ4n) is 1.75. The third-order valence-electron chi connectivity index (χ3n) is 2.67. The minimum atomic E-state index is -1.00. The summed E-state index contributed by atoms with van der Waals surface area (Å²) in [6.45, 7) is 1.79. The van der Waals surface area contributed by atoms with Crippen molar-refractivity contribution in [1.29, 1.82) is 0 Å². The van der Waals surface area contributed by atoms with Crippen LogP contribution < -0.4 is 4.74 Å². The molecular weight excluding hydrogens is 254 g/mol. The Bertz CT molecular complexity index is 451. The molecule has 2 rings (SSSR count). The second-order valence-electron chi connectivity index (χ2n) is 3.87. The van der Waals surface area contributed by atoms with Crippen molar-refractivity contribution < 1.29 is 19.4 Å². The molecule has 1 N–H and O–H groups in total. The van der Waals surface area contributed by atoms with Gasteiger partial charge in [0.2, 0.25) is 0 Å². The number of aliphatic carboxylic acids is 1. The second kappa shape index (κ2) is 5.30. The number of hydrogen-bond donors (Lipinski definition) is 1. The van der Waals surface area contributed by atoms with Gasteiger partial charge in [0.15, 0.2) is 0 Å². The maximum absolute atomic E-state index is 12.0. The summed E-state index contributed by atoms with van der Waals surface area (Å²) in [6, 6.07) is 7.80. The maximum Gasteiger partial charge on any atom is 0.416 e. The van der Waals surface area contributed by atoms with Crippen molar-refractivity contribution in [3.8, 4) is 5.75 Å². The molecule has 0 aromatic heterocycles. The van der Waals surface area contributed by atoms with E-state index in [0.717, 1.165) is 0 Å². The Morgan fingerprint density at radius 2 is 2.06 bits per heavy atom. The largest absolute Gasteiger partial charge is 0.480 e. The van der Waals surface area contributed by atoms with E-state index in [0.29, 0.717) is 11.5 Å². The summed E-state index contributed by atoms with van der Waals surface area (Å²) in [6.07, 6.45) is -0.619. The van der Waals surface area contributed by atoms with Gasteiger partial charge in [-0.2, -0.15) is 0 Å². The number of thioether (sulfide) groups is 1. The number of carbonyl (C=O) groups excluding carboxylic acids is 1. The zero-order valence-corrected chi connectivity index (χ0v) is 10.6. The van der Waals surface area contributed by atoms with Crippen molar-refractivity contribution in [2.24, 2.45) is 0 Å². The molecule has 5 nitrogen and oxygen atoms in total. The van der Waals surface area contributed by atoms with E-state index in [2.05, 4.69) is 0 Å². The van der Waals surface area contributed by atoms with Gasteiger partial charge >= 0.3 is 12.1 Å². The summed E-state index contributed by atoms with van der Waals surface area (Å²) in [5, 5.41) is 8.86. The topological polar surface area (TPSA) is 66.8 Å². The van der Waals surface area contributed by atoms with Crippen molar-refractivity contribution in [1.82, 2.24) is 4.90 Å². The van der Waals surface area contributed by atoms with Gasteiger partial charge in [-0.15, -0.1) is 11.8 Å². The average Bonchev–Trinajstić information content (AvgIpc) is 2.72. The number of hydrogen-bond acceptors (Lipinski definition) is 4. The number of carboxylic acids is 1. The van der Waals surface area contributed by atoms with Crippen molar-refractivity contribution in [2.45, 2.75) is 18.3 Å². The van der Waals surface area contributed by atoms with Crippen molar-refractivity contribution in [2.75, 3.05) is 5.75 Å². The lowest BCUT2D eigenvalue weighted by Crippen LogP contribution is -2.46. The molecule has 1 saturated heterocycles. The highest BCUT2D eigenvalue weighted by atomic mass is 32.2. The molecule has 0 radical (unpaired) electrons. The highest BCUT2D eigenvalue weighted by molar-refractivity contribution is 8.00. The molecule has 96 valence electrons. The van der Waals surface area contributed by atoms with Gasteiger partial charge in [-0.1, -0.05) is 18.2 Å². The average molecular weight is 267 g/mol. The van der Waals surface area contributed by atoms with E-state index in [1.165, 1.54) is 16.7 Å². The van der Waals surface area contributed by atoms with Gasteiger partial charge in [0.1, 0.15) is 11.8 Å². The van der Waals surface area contributed by atoms with E-state index in [1.54, 1.807) is 31.2 Å². The molecular formula is C12H13NO4S. The van der Waals surface area contributed by atoms with Gasteiger partial charge in [0.25, 0.3) is 0 Å². The molecule has 2 unspecified atom stereocenters. The van der Waals surface area contributed by atoms with E-state index in [-0.39, 0.29) is 5.37 Å². The highest BCUT2D eigenvalue weighted by Crippen LogP contribution is 2.29. The van der Waals surface area contributed by atoms with E-state index < -0.39 is 18.1 Å². The zero-order chi connectivity index (χ0) is 13.1. The van der Waals surface area contributed by atoms with E-state index in [4.69, 9.17) is 9.84 Å². The van der Waals surface area contributed by atoms with Gasteiger partial charge < -0.3 is 9.84 Å². The van der Waals surface area contributed by atoms with Crippen LogP contribution in [0, 0.1) is 0 Å². The lowest BCUT2D eigenvalue weighted by Gasteiger charge is -2.23. The maximum atomic E-state index is 12.0. The number of amides is 1. The Labute approximate surface area is 109 Å². The third-order valence-corrected chi connectivity index (χ3v) is 3.88. The molecule has 2 atom stereocenters. The number of nitrogens with zero attached hydrogens (tertiary/aromatic N) is 1. The van der Waals surface area contributed by atoms with Crippen LogP contribution in [0.2, 0.25) is 0 Å². The quantitative estimate of drug-likeness (QED) is 0.888. The van der Waals surface area contributed by atoms with Crippen LogP contribution in [0.15, 0.2) is 30.3 Å². The van der Waals surface area contributed by atoms with Crippen LogP contribution >= 0.6 is 11.8 Å². The van der Waals surface area contributed by atoms with Gasteiger partial charge in [-0.25, -0.2) is 9.59 Å². The Hall–Kier alpha value is -1.69. The van der Waals surface area contributed by atoms with Crippen LogP contribution in [-0.2, 0) is 4.79 Å². The fourth-order valence-corrected chi connectivity index (χ4v) is 2.91. The van der Waals surface area contributed by atoms with Crippen LogP contribution in [0.5, 0.6) is 5.75 Å². The second-order valence-corrected chi connectivity index (χ2v) is 5.22. The number of benzene rings is 1. The van der Waals surface area contributed by atoms with Crippen molar-refractivity contribution in [3.05, 3.63) is 30.3 Å². The molecule has 0 spiro atoms. The van der Waals surface area contributed by atoms with Gasteiger partial charge in [-0.3, -0.25) is 4.90 Å². The van der Waals surface area contributed by atoms with Crippen molar-refractivity contribution in [3.63, 3.8) is 0 Å². The summed E-state index contributed by atoms with van der Waals surface area (Å²) in [7, 11) is 0. The van der Waals surface area contributed by atoms with Gasteiger partial charge in [0, 0.05) is 5.75 Å². The molecule has 1 aliphatic rings. The summed E-state index contributed by atoms with van der Waals surface area (Å²) in [5.74, 6) is -0.201. The summed E-state index contributed by atoms with van der Waals surface area (Å²) in [4.78, 5) is 24.3. The Morgan fingerprint density at radius 1 is 1.39 bits per heavy atom. The molecule has 1 aliphatic heterocycles. The predicted octanol–water partition coefficient (Wildman–Crippen LogP) is 2.03. The zero-order valence-electron chi connectivity index (χ0n) is 9.78. The molecule has 1 aromatic carbocycles. The SMILES string of the molecule is CC1SCC(C(=O)O)N1C(=O)Oc1ccccc1. The number of carbonyl (C=O) groups is 2. The standard InChI is InChI=1S/C12H13NO4S/c1-8-13(10(7-18-8)11(14)15)12(16)17-9-5-3-2-4-6-9/h2-6,8,10H,7H2,1H3,(H,14,15). The Morgan fingerprint density at radius 3 is 2.67 bits per heavy atom. The number of ether oxygens (including phenoxy) is 1. The monoisotopic (exact) mass is 267 g/mol. The molecule has 6 heteroatoms. The Kier molecular flexibility index (Phi) is 3.76. The smallest absolute Gasteiger partial charge is 0.416 e. The van der Waals surface area contributed by atoms with Crippen LogP contribution in [0.4, 0.5) is 4.79 Å². The first-order chi connectivity index (χ1) is 8.59. The minimum absolute atomic E-state index is 0.192. The molecule has 0 aliphatic carbocycles. The third kappa shape index (κ3) is 2.59. The lowest BCUT2D eigenvalue weighted by molar-refractivity contribution is -0.141. The van der Waals surface area contributed by atoms with E-state index in [1.807, 2.05) is 6.07 Å². The number of para-hydroxylation sites is 1. The fraction of sp³-hybridized carbons (Fsp3) is 0.333.